The van der Waals surface area contributed by atoms with Gasteiger partial charge in [0, 0.05) is 12.6 Å². The zero-order chi connectivity index (χ0) is 14.2. The SMILES string of the molecule is CC1CCCCN1C(=O)c1nc(Cl)c(Cl)c(Cl)c1Cl. The second kappa shape index (κ2) is 6.04. The van der Waals surface area contributed by atoms with E-state index in [1.165, 1.54) is 0 Å². The van der Waals surface area contributed by atoms with Gasteiger partial charge in [-0.25, -0.2) is 4.98 Å². The van der Waals surface area contributed by atoms with Crippen LogP contribution in [0.3, 0.4) is 0 Å². The Morgan fingerprint density at radius 1 is 1.16 bits per heavy atom. The molecule has 1 atom stereocenters. The summed E-state index contributed by atoms with van der Waals surface area (Å²) in [6.07, 6.45) is 3.06. The number of halogens is 4. The van der Waals surface area contributed by atoms with E-state index in [4.69, 9.17) is 46.4 Å². The van der Waals surface area contributed by atoms with Crippen molar-refractivity contribution >= 4 is 52.3 Å². The van der Waals surface area contributed by atoms with Crippen molar-refractivity contribution in [1.29, 1.82) is 0 Å². The highest BCUT2D eigenvalue weighted by molar-refractivity contribution is 6.52. The van der Waals surface area contributed by atoms with Crippen molar-refractivity contribution in [3.8, 4) is 0 Å². The number of hydrogen-bond donors (Lipinski definition) is 0. The molecule has 0 N–H and O–H groups in total. The van der Waals surface area contributed by atoms with E-state index in [9.17, 15) is 4.79 Å². The number of piperidine rings is 1. The van der Waals surface area contributed by atoms with E-state index in [1.54, 1.807) is 4.90 Å². The smallest absolute Gasteiger partial charge is 0.274 e. The molecule has 1 amide bonds. The lowest BCUT2D eigenvalue weighted by atomic mass is 10.0. The lowest BCUT2D eigenvalue weighted by molar-refractivity contribution is 0.0630. The predicted octanol–water partition coefficient (Wildman–Crippen LogP) is 4.71. The quantitative estimate of drug-likeness (QED) is 0.693. The normalized spacial score (nSPS) is 19.6. The molecular weight excluding hydrogens is 330 g/mol. The standard InChI is InChI=1S/C12H12Cl4N2O/c1-6-4-2-3-5-18(6)12(19)10-8(14)7(13)9(15)11(16)17-10/h6H,2-5H2,1H3. The van der Waals surface area contributed by atoms with Gasteiger partial charge in [0.05, 0.1) is 15.1 Å². The van der Waals surface area contributed by atoms with Crippen LogP contribution in [0.4, 0.5) is 0 Å². The van der Waals surface area contributed by atoms with Crippen molar-refractivity contribution in [1.82, 2.24) is 9.88 Å². The maximum atomic E-state index is 12.5. The Morgan fingerprint density at radius 2 is 1.84 bits per heavy atom. The molecule has 0 aromatic carbocycles. The van der Waals surface area contributed by atoms with Crippen molar-refractivity contribution in [2.24, 2.45) is 0 Å². The fourth-order valence-corrected chi connectivity index (χ4v) is 2.97. The van der Waals surface area contributed by atoms with Crippen LogP contribution in [0.1, 0.15) is 36.7 Å². The molecule has 104 valence electrons. The number of carbonyl (C=O) groups is 1. The Balaban J connectivity index is 2.39. The maximum absolute atomic E-state index is 12.5. The van der Waals surface area contributed by atoms with Crippen molar-refractivity contribution in [3.05, 3.63) is 25.9 Å². The second-order valence-electron chi connectivity index (χ2n) is 4.54. The van der Waals surface area contributed by atoms with E-state index in [2.05, 4.69) is 4.98 Å². The summed E-state index contributed by atoms with van der Waals surface area (Å²) >= 11 is 23.7. The number of nitrogens with zero attached hydrogens (tertiary/aromatic N) is 2. The summed E-state index contributed by atoms with van der Waals surface area (Å²) in [5, 5.41) is 0.177. The number of carbonyl (C=O) groups excluding carboxylic acids is 1. The van der Waals surface area contributed by atoms with Gasteiger partial charge in [-0.05, 0) is 26.2 Å². The Kier molecular flexibility index (Phi) is 4.83. The highest BCUT2D eigenvalue weighted by Crippen LogP contribution is 2.36. The van der Waals surface area contributed by atoms with Crippen LogP contribution in [0.25, 0.3) is 0 Å². The third-order valence-corrected chi connectivity index (χ3v) is 4.93. The number of pyridine rings is 1. The number of hydrogen-bond acceptors (Lipinski definition) is 2. The van der Waals surface area contributed by atoms with Crippen molar-refractivity contribution in [3.63, 3.8) is 0 Å². The highest BCUT2D eigenvalue weighted by atomic mass is 35.5. The van der Waals surface area contributed by atoms with Crippen molar-refractivity contribution in [2.75, 3.05) is 6.54 Å². The van der Waals surface area contributed by atoms with Crippen LogP contribution in [-0.4, -0.2) is 28.4 Å². The molecule has 1 aromatic heterocycles. The zero-order valence-electron chi connectivity index (χ0n) is 10.2. The molecule has 1 aliphatic heterocycles. The minimum absolute atomic E-state index is 0.0101. The van der Waals surface area contributed by atoms with Gasteiger partial charge in [0.15, 0.2) is 0 Å². The molecule has 2 rings (SSSR count). The summed E-state index contributed by atoms with van der Waals surface area (Å²) in [5.41, 5.74) is 0.0646. The largest absolute Gasteiger partial charge is 0.335 e. The molecule has 0 spiro atoms. The Labute approximate surface area is 131 Å². The van der Waals surface area contributed by atoms with Crippen molar-refractivity contribution < 1.29 is 4.79 Å². The van der Waals surface area contributed by atoms with Crippen LogP contribution in [-0.2, 0) is 0 Å². The average molecular weight is 342 g/mol. The second-order valence-corrected chi connectivity index (χ2v) is 6.03. The minimum Gasteiger partial charge on any atom is -0.335 e. The fourth-order valence-electron chi connectivity index (χ4n) is 2.16. The van der Waals surface area contributed by atoms with Crippen LogP contribution in [0, 0.1) is 0 Å². The molecule has 0 saturated carbocycles. The van der Waals surface area contributed by atoms with Crippen LogP contribution in [0.15, 0.2) is 0 Å². The lowest BCUT2D eigenvalue weighted by Crippen LogP contribution is -2.42. The molecule has 1 saturated heterocycles. The van der Waals surface area contributed by atoms with Gasteiger partial charge in [-0.1, -0.05) is 46.4 Å². The van der Waals surface area contributed by atoms with Crippen LogP contribution >= 0.6 is 46.4 Å². The van der Waals surface area contributed by atoms with Crippen LogP contribution in [0.5, 0.6) is 0 Å². The van der Waals surface area contributed by atoms with Gasteiger partial charge in [0.25, 0.3) is 5.91 Å². The summed E-state index contributed by atoms with van der Waals surface area (Å²) in [6.45, 7) is 2.69. The van der Waals surface area contributed by atoms with Gasteiger partial charge in [-0.2, -0.15) is 0 Å². The summed E-state index contributed by atoms with van der Waals surface area (Å²) in [7, 11) is 0. The monoisotopic (exact) mass is 340 g/mol. The first-order chi connectivity index (χ1) is 8.93. The molecule has 0 radical (unpaired) electrons. The lowest BCUT2D eigenvalue weighted by Gasteiger charge is -2.33. The Bertz CT molecular complexity index is 521. The van der Waals surface area contributed by atoms with E-state index in [1.807, 2.05) is 6.92 Å². The molecule has 1 unspecified atom stereocenters. The predicted molar refractivity (Wildman–Crippen MR) is 78.6 cm³/mol. The minimum atomic E-state index is -0.252. The van der Waals surface area contributed by atoms with Crippen LogP contribution < -0.4 is 0 Å². The molecule has 0 bridgehead atoms. The van der Waals surface area contributed by atoms with Gasteiger partial charge in [-0.15, -0.1) is 0 Å². The van der Waals surface area contributed by atoms with Gasteiger partial charge in [0.1, 0.15) is 10.8 Å². The summed E-state index contributed by atoms with van der Waals surface area (Å²) in [5.74, 6) is -0.252. The molecule has 1 fully saturated rings. The van der Waals surface area contributed by atoms with Gasteiger partial charge in [-0.3, -0.25) is 4.79 Å². The van der Waals surface area contributed by atoms with Gasteiger partial charge in [0.2, 0.25) is 0 Å². The van der Waals surface area contributed by atoms with Crippen molar-refractivity contribution in [2.45, 2.75) is 32.2 Å². The van der Waals surface area contributed by atoms with Gasteiger partial charge < -0.3 is 4.90 Å². The summed E-state index contributed by atoms with van der Waals surface area (Å²) in [4.78, 5) is 18.2. The highest BCUT2D eigenvalue weighted by Gasteiger charge is 2.28. The Morgan fingerprint density at radius 3 is 2.47 bits per heavy atom. The molecule has 1 aliphatic rings. The van der Waals surface area contributed by atoms with E-state index in [0.29, 0.717) is 6.54 Å². The average Bonchev–Trinajstić information content (AvgIpc) is 2.40. The molecule has 0 aliphatic carbocycles. The summed E-state index contributed by atoms with van der Waals surface area (Å²) < 4.78 is 0. The van der Waals surface area contributed by atoms with Crippen LogP contribution in [0.2, 0.25) is 20.2 Å². The number of aromatic nitrogens is 1. The van der Waals surface area contributed by atoms with E-state index >= 15 is 0 Å². The first-order valence-electron chi connectivity index (χ1n) is 5.94. The maximum Gasteiger partial charge on any atom is 0.274 e. The first kappa shape index (κ1) is 15.2. The van der Waals surface area contributed by atoms with Gasteiger partial charge >= 0.3 is 0 Å². The molecule has 1 aromatic rings. The molecule has 7 heteroatoms. The topological polar surface area (TPSA) is 33.2 Å². The number of likely N-dealkylation sites (tertiary alicyclic amines) is 1. The molecule has 3 nitrogen and oxygen atoms in total. The summed E-state index contributed by atoms with van der Waals surface area (Å²) in [6, 6.07) is 0.160. The molecular formula is C12H12Cl4N2O. The number of rotatable bonds is 1. The molecule has 2 heterocycles. The van der Waals surface area contributed by atoms with E-state index < -0.39 is 0 Å². The number of amides is 1. The third kappa shape index (κ3) is 2.94. The molecule has 19 heavy (non-hydrogen) atoms. The fraction of sp³-hybridized carbons (Fsp3) is 0.500. The zero-order valence-corrected chi connectivity index (χ0v) is 13.2. The third-order valence-electron chi connectivity index (χ3n) is 3.25. The first-order valence-corrected chi connectivity index (χ1v) is 7.45. The Hall–Kier alpha value is -0.220. The van der Waals surface area contributed by atoms with E-state index in [0.717, 1.165) is 19.3 Å². The van der Waals surface area contributed by atoms with E-state index in [-0.39, 0.29) is 37.9 Å².